The van der Waals surface area contributed by atoms with Gasteiger partial charge in [0.05, 0.1) is 5.00 Å². The van der Waals surface area contributed by atoms with E-state index in [4.69, 9.17) is 5.73 Å². The number of benzene rings is 4. The van der Waals surface area contributed by atoms with Crippen LogP contribution in [-0.4, -0.2) is 0 Å². The van der Waals surface area contributed by atoms with Gasteiger partial charge >= 0.3 is 0 Å². The average molecular weight is 419 g/mol. The molecule has 3 heteroatoms. The maximum Gasteiger partial charge on any atom is 0.111 e. The quantitative estimate of drug-likeness (QED) is 0.312. The third-order valence-electron chi connectivity index (χ3n) is 5.27. The topological polar surface area (TPSA) is 29.3 Å². The number of hydrogen-bond acceptors (Lipinski definition) is 3. The van der Waals surface area contributed by atoms with Crippen LogP contribution in [0.15, 0.2) is 121 Å². The van der Waals surface area contributed by atoms with E-state index in [1.165, 1.54) is 0 Å². The zero-order chi connectivity index (χ0) is 21.0. The summed E-state index contributed by atoms with van der Waals surface area (Å²) in [4.78, 5) is 2.30. The zero-order valence-corrected chi connectivity index (χ0v) is 17.8. The summed E-state index contributed by atoms with van der Waals surface area (Å²) in [5, 5.41) is 1.93. The zero-order valence-electron chi connectivity index (χ0n) is 17.0. The molecule has 0 amide bonds. The van der Waals surface area contributed by atoms with Crippen molar-refractivity contribution in [1.29, 1.82) is 0 Å². The Morgan fingerprint density at radius 1 is 0.484 bits per heavy atom. The number of hydrogen-bond donors (Lipinski definition) is 1. The lowest BCUT2D eigenvalue weighted by Gasteiger charge is -2.25. The molecule has 0 atom stereocenters. The van der Waals surface area contributed by atoms with Crippen LogP contribution in [0.5, 0.6) is 0 Å². The van der Waals surface area contributed by atoms with Gasteiger partial charge in [0.15, 0.2) is 0 Å². The number of thiophene rings is 1. The number of rotatable bonds is 5. The molecule has 0 radical (unpaired) electrons. The number of anilines is 4. The Labute approximate surface area is 186 Å². The SMILES string of the molecule is Nc1sc(N(c2ccccc2)c2ccccc2)c(-c2ccccc2)c1-c1ccccc1. The first-order valence-corrected chi connectivity index (χ1v) is 11.1. The van der Waals surface area contributed by atoms with Gasteiger partial charge in [-0.2, -0.15) is 0 Å². The van der Waals surface area contributed by atoms with Gasteiger partial charge in [0.1, 0.15) is 5.00 Å². The summed E-state index contributed by atoms with van der Waals surface area (Å²) in [5.41, 5.74) is 13.4. The number of nitrogens with two attached hydrogens (primary N) is 1. The fourth-order valence-electron chi connectivity index (χ4n) is 3.90. The lowest BCUT2D eigenvalue weighted by atomic mass is 9.97. The van der Waals surface area contributed by atoms with Crippen LogP contribution in [0.1, 0.15) is 0 Å². The Morgan fingerprint density at radius 3 is 1.32 bits per heavy atom. The Hall–Kier alpha value is -3.82. The molecule has 31 heavy (non-hydrogen) atoms. The van der Waals surface area contributed by atoms with Crippen LogP contribution in [0.2, 0.25) is 0 Å². The summed E-state index contributed by atoms with van der Waals surface area (Å²) in [5.74, 6) is 0. The molecule has 0 saturated carbocycles. The Morgan fingerprint density at radius 2 is 0.871 bits per heavy atom. The fourth-order valence-corrected chi connectivity index (χ4v) is 5.05. The van der Waals surface area contributed by atoms with Crippen LogP contribution < -0.4 is 10.6 Å². The van der Waals surface area contributed by atoms with E-state index < -0.39 is 0 Å². The highest BCUT2D eigenvalue weighted by molar-refractivity contribution is 7.21. The molecule has 0 aliphatic rings. The molecule has 2 nitrogen and oxygen atoms in total. The second-order valence-corrected chi connectivity index (χ2v) is 8.29. The predicted molar refractivity (Wildman–Crippen MR) is 134 cm³/mol. The molecule has 0 fully saturated rings. The second-order valence-electron chi connectivity index (χ2n) is 7.26. The van der Waals surface area contributed by atoms with Crippen LogP contribution in [0.3, 0.4) is 0 Å². The standard InChI is InChI=1S/C28H22N2S/c29-27-25(21-13-5-1-6-14-21)26(22-15-7-2-8-16-22)28(31-27)30(23-17-9-3-10-18-23)24-19-11-4-12-20-24/h1-20H,29H2. The van der Waals surface area contributed by atoms with E-state index in [0.717, 1.165) is 43.6 Å². The van der Waals surface area contributed by atoms with Gasteiger partial charge in [0.25, 0.3) is 0 Å². The van der Waals surface area contributed by atoms with Gasteiger partial charge in [0, 0.05) is 22.5 Å². The van der Waals surface area contributed by atoms with Gasteiger partial charge in [0.2, 0.25) is 0 Å². The molecule has 1 aromatic heterocycles. The number of para-hydroxylation sites is 2. The fraction of sp³-hybridized carbons (Fsp3) is 0. The molecule has 5 rings (SSSR count). The van der Waals surface area contributed by atoms with Gasteiger partial charge in [-0.05, 0) is 35.4 Å². The molecule has 150 valence electrons. The summed E-state index contributed by atoms with van der Waals surface area (Å²) in [6, 6.07) is 41.9. The van der Waals surface area contributed by atoms with E-state index in [1.54, 1.807) is 11.3 Å². The third kappa shape index (κ3) is 3.72. The highest BCUT2D eigenvalue weighted by Gasteiger charge is 2.25. The number of nitrogen functional groups attached to an aromatic ring is 1. The van der Waals surface area contributed by atoms with Crippen LogP contribution in [0.4, 0.5) is 21.4 Å². The highest BCUT2D eigenvalue weighted by atomic mass is 32.1. The van der Waals surface area contributed by atoms with Crippen molar-refractivity contribution in [3.05, 3.63) is 121 Å². The summed E-state index contributed by atoms with van der Waals surface area (Å²) in [6.07, 6.45) is 0. The average Bonchev–Trinajstić information content (AvgIpc) is 3.18. The molecule has 1 heterocycles. The van der Waals surface area contributed by atoms with Crippen molar-refractivity contribution < 1.29 is 0 Å². The third-order valence-corrected chi connectivity index (χ3v) is 6.28. The summed E-state index contributed by atoms with van der Waals surface area (Å²) >= 11 is 1.63. The maximum atomic E-state index is 6.70. The summed E-state index contributed by atoms with van der Waals surface area (Å²) < 4.78 is 0. The first kappa shape index (κ1) is 19.2. The van der Waals surface area contributed by atoms with Crippen LogP contribution in [0.25, 0.3) is 22.3 Å². The first-order valence-electron chi connectivity index (χ1n) is 10.3. The van der Waals surface area contributed by atoms with E-state index in [1.807, 2.05) is 24.3 Å². The molecule has 0 aliphatic heterocycles. The van der Waals surface area contributed by atoms with Crippen molar-refractivity contribution in [2.24, 2.45) is 0 Å². The van der Waals surface area contributed by atoms with Crippen LogP contribution in [-0.2, 0) is 0 Å². The van der Waals surface area contributed by atoms with Crippen molar-refractivity contribution in [3.63, 3.8) is 0 Å². The molecule has 5 aromatic rings. The van der Waals surface area contributed by atoms with Gasteiger partial charge < -0.3 is 10.6 Å². The smallest absolute Gasteiger partial charge is 0.111 e. The molecule has 4 aromatic carbocycles. The first-order chi connectivity index (χ1) is 15.3. The lowest BCUT2D eigenvalue weighted by Crippen LogP contribution is -2.09. The molecular formula is C28H22N2S. The molecular weight excluding hydrogens is 396 g/mol. The summed E-state index contributed by atoms with van der Waals surface area (Å²) in [6.45, 7) is 0. The van der Waals surface area contributed by atoms with Gasteiger partial charge in [-0.3, -0.25) is 0 Å². The van der Waals surface area contributed by atoms with Crippen molar-refractivity contribution >= 4 is 32.7 Å². The molecule has 0 spiro atoms. The van der Waals surface area contributed by atoms with E-state index in [9.17, 15) is 0 Å². The lowest BCUT2D eigenvalue weighted by molar-refractivity contribution is 1.32. The minimum absolute atomic E-state index is 0.817. The highest BCUT2D eigenvalue weighted by Crippen LogP contribution is 2.53. The van der Waals surface area contributed by atoms with Crippen molar-refractivity contribution in [3.8, 4) is 22.3 Å². The van der Waals surface area contributed by atoms with E-state index >= 15 is 0 Å². The van der Waals surface area contributed by atoms with Crippen molar-refractivity contribution in [1.82, 2.24) is 0 Å². The maximum absolute atomic E-state index is 6.70. The Balaban J connectivity index is 1.82. The monoisotopic (exact) mass is 418 g/mol. The number of nitrogens with zero attached hydrogens (tertiary/aromatic N) is 1. The van der Waals surface area contributed by atoms with Crippen LogP contribution >= 0.6 is 11.3 Å². The minimum atomic E-state index is 0.817. The molecule has 0 bridgehead atoms. The molecule has 0 saturated heterocycles. The molecule has 2 N–H and O–H groups in total. The van der Waals surface area contributed by atoms with Crippen LogP contribution in [0, 0.1) is 0 Å². The Bertz CT molecular complexity index is 1220. The summed E-state index contributed by atoms with van der Waals surface area (Å²) in [7, 11) is 0. The normalized spacial score (nSPS) is 10.7. The molecule has 0 aliphatic carbocycles. The van der Waals surface area contributed by atoms with Crippen molar-refractivity contribution in [2.75, 3.05) is 10.6 Å². The van der Waals surface area contributed by atoms with E-state index in [-0.39, 0.29) is 0 Å². The van der Waals surface area contributed by atoms with E-state index in [2.05, 4.69) is 102 Å². The van der Waals surface area contributed by atoms with Gasteiger partial charge in [-0.25, -0.2) is 0 Å². The van der Waals surface area contributed by atoms with Crippen molar-refractivity contribution in [2.45, 2.75) is 0 Å². The Kier molecular flexibility index (Phi) is 5.26. The molecule has 0 unspecified atom stereocenters. The van der Waals surface area contributed by atoms with Gasteiger partial charge in [-0.15, -0.1) is 0 Å². The predicted octanol–water partition coefficient (Wildman–Crippen LogP) is 8.13. The minimum Gasteiger partial charge on any atom is -0.390 e. The van der Waals surface area contributed by atoms with Gasteiger partial charge in [-0.1, -0.05) is 108 Å². The van der Waals surface area contributed by atoms with E-state index in [0.29, 0.717) is 0 Å². The largest absolute Gasteiger partial charge is 0.390 e. The second kappa shape index (κ2) is 8.50.